The molecule has 2 aromatic heterocycles. The molecule has 2 aliphatic rings. The van der Waals surface area contributed by atoms with E-state index in [0.717, 1.165) is 56.8 Å². The number of anilines is 1. The highest BCUT2D eigenvalue weighted by molar-refractivity contribution is 5.93. The molecule has 0 unspecified atom stereocenters. The number of rotatable bonds is 10. The van der Waals surface area contributed by atoms with Crippen molar-refractivity contribution >= 4 is 33.6 Å². The van der Waals surface area contributed by atoms with Crippen LogP contribution in [-0.4, -0.2) is 56.3 Å². The zero-order chi connectivity index (χ0) is 27.8. The van der Waals surface area contributed by atoms with E-state index in [1.807, 2.05) is 15.5 Å². The number of unbranched alkanes of at least 4 members (excludes halogenated alkanes) is 3. The van der Waals surface area contributed by atoms with E-state index in [2.05, 4.69) is 34.6 Å². The van der Waals surface area contributed by atoms with Crippen LogP contribution < -0.4 is 10.3 Å². The molecular weight excluding hydrogens is 509 g/mol. The lowest BCUT2D eigenvalue weighted by Crippen LogP contribution is -2.46. The quantitative estimate of drug-likeness (QED) is 0.268. The second kappa shape index (κ2) is 11.0. The number of pyridine rings is 1. The lowest BCUT2D eigenvalue weighted by Gasteiger charge is -2.36. The zero-order valence-electron chi connectivity index (χ0n) is 23.0. The molecule has 40 heavy (non-hydrogen) atoms. The predicted octanol–water partition coefficient (Wildman–Crippen LogP) is 5.43. The maximum Gasteiger partial charge on any atom is 0.341 e. The molecule has 210 valence electrons. The third-order valence-corrected chi connectivity index (χ3v) is 8.32. The first-order valence-electron chi connectivity index (χ1n) is 14.5. The third kappa shape index (κ3) is 5.10. The molecule has 4 aromatic rings. The smallest absolute Gasteiger partial charge is 0.341 e. The highest BCUT2D eigenvalue weighted by Gasteiger charge is 2.29. The Morgan fingerprint density at radius 1 is 1.05 bits per heavy atom. The largest absolute Gasteiger partial charge is 0.477 e. The number of aromatic nitrogens is 3. The van der Waals surface area contributed by atoms with Crippen molar-refractivity contribution in [2.24, 2.45) is 0 Å². The molecule has 2 aromatic carbocycles. The Hall–Kier alpha value is -3.72. The molecule has 1 aliphatic carbocycles. The number of imidazole rings is 1. The van der Waals surface area contributed by atoms with E-state index in [-0.39, 0.29) is 17.0 Å². The van der Waals surface area contributed by atoms with Gasteiger partial charge in [0.2, 0.25) is 5.43 Å². The van der Waals surface area contributed by atoms with Crippen LogP contribution in [0.4, 0.5) is 10.1 Å². The van der Waals surface area contributed by atoms with E-state index < -0.39 is 17.2 Å². The number of benzene rings is 2. The maximum absolute atomic E-state index is 15.4. The molecule has 0 spiro atoms. The van der Waals surface area contributed by atoms with Gasteiger partial charge in [0.1, 0.15) is 17.2 Å². The summed E-state index contributed by atoms with van der Waals surface area (Å²) in [6, 6.07) is 11.4. The molecule has 1 N–H and O–H groups in total. The van der Waals surface area contributed by atoms with Crippen molar-refractivity contribution in [3.8, 4) is 0 Å². The van der Waals surface area contributed by atoms with E-state index in [1.54, 1.807) is 6.07 Å². The van der Waals surface area contributed by atoms with Crippen LogP contribution in [0.15, 0.2) is 47.4 Å². The number of para-hydroxylation sites is 2. The van der Waals surface area contributed by atoms with Crippen molar-refractivity contribution in [3.05, 3.63) is 70.0 Å². The van der Waals surface area contributed by atoms with Gasteiger partial charge in [-0.05, 0) is 43.5 Å². The lowest BCUT2D eigenvalue weighted by molar-refractivity contribution is 0.0695. The summed E-state index contributed by atoms with van der Waals surface area (Å²) in [5.74, 6) is -0.695. The number of nitrogens with zero attached hydrogens (tertiary/aromatic N) is 5. The van der Waals surface area contributed by atoms with Gasteiger partial charge in [-0.2, -0.15) is 0 Å². The number of halogens is 1. The molecule has 0 bridgehead atoms. The second-order valence-electron chi connectivity index (χ2n) is 11.1. The van der Waals surface area contributed by atoms with Crippen molar-refractivity contribution < 1.29 is 14.3 Å². The molecule has 1 saturated heterocycles. The minimum absolute atomic E-state index is 0.129. The first kappa shape index (κ1) is 26.5. The van der Waals surface area contributed by atoms with Gasteiger partial charge < -0.3 is 19.1 Å². The fourth-order valence-electron chi connectivity index (χ4n) is 5.95. The maximum atomic E-state index is 15.4. The van der Waals surface area contributed by atoms with Crippen LogP contribution >= 0.6 is 0 Å². The third-order valence-electron chi connectivity index (χ3n) is 8.32. The van der Waals surface area contributed by atoms with Crippen LogP contribution in [0.3, 0.4) is 0 Å². The van der Waals surface area contributed by atoms with Gasteiger partial charge in [-0.15, -0.1) is 0 Å². The Labute approximate surface area is 232 Å². The van der Waals surface area contributed by atoms with Gasteiger partial charge in [-0.25, -0.2) is 14.2 Å². The van der Waals surface area contributed by atoms with Gasteiger partial charge in [0.05, 0.1) is 28.8 Å². The van der Waals surface area contributed by atoms with E-state index >= 15 is 4.39 Å². The molecule has 2 fully saturated rings. The fourth-order valence-corrected chi connectivity index (χ4v) is 5.95. The van der Waals surface area contributed by atoms with Gasteiger partial charge in [0.15, 0.2) is 0 Å². The molecule has 3 heterocycles. The normalized spacial score (nSPS) is 16.3. The second-order valence-corrected chi connectivity index (χ2v) is 11.1. The Morgan fingerprint density at radius 3 is 2.55 bits per heavy atom. The van der Waals surface area contributed by atoms with Gasteiger partial charge in [-0.3, -0.25) is 9.69 Å². The summed E-state index contributed by atoms with van der Waals surface area (Å²) in [7, 11) is 0. The molecule has 0 radical (unpaired) electrons. The van der Waals surface area contributed by atoms with Crippen molar-refractivity contribution in [2.45, 2.75) is 64.6 Å². The van der Waals surface area contributed by atoms with Crippen LogP contribution in [0.1, 0.15) is 67.7 Å². The van der Waals surface area contributed by atoms with Crippen molar-refractivity contribution in [3.63, 3.8) is 0 Å². The summed E-state index contributed by atoms with van der Waals surface area (Å²) < 4.78 is 19.6. The number of aromatic carboxylic acids is 1. The summed E-state index contributed by atoms with van der Waals surface area (Å²) in [6.45, 7) is 6.77. The van der Waals surface area contributed by atoms with E-state index in [1.165, 1.54) is 37.0 Å². The van der Waals surface area contributed by atoms with Crippen LogP contribution in [0.5, 0.6) is 0 Å². The monoisotopic (exact) mass is 545 g/mol. The van der Waals surface area contributed by atoms with E-state index in [4.69, 9.17) is 4.98 Å². The lowest BCUT2D eigenvalue weighted by atomic mass is 10.1. The topological polar surface area (TPSA) is 83.6 Å². The van der Waals surface area contributed by atoms with Crippen molar-refractivity contribution in [2.75, 3.05) is 31.1 Å². The highest BCUT2D eigenvalue weighted by Crippen LogP contribution is 2.38. The minimum Gasteiger partial charge on any atom is -0.477 e. The number of hydrogen-bond donors (Lipinski definition) is 1. The first-order valence-corrected chi connectivity index (χ1v) is 14.5. The number of piperazine rings is 1. The van der Waals surface area contributed by atoms with Crippen LogP contribution in [-0.2, 0) is 13.1 Å². The van der Waals surface area contributed by atoms with Crippen molar-refractivity contribution in [1.82, 2.24) is 19.0 Å². The number of fused-ring (bicyclic) bond motifs is 2. The zero-order valence-corrected chi connectivity index (χ0v) is 23.0. The summed E-state index contributed by atoms with van der Waals surface area (Å²) in [5, 5.41) is 9.64. The summed E-state index contributed by atoms with van der Waals surface area (Å²) in [5.41, 5.74) is 2.33. The highest BCUT2D eigenvalue weighted by atomic mass is 19.1. The van der Waals surface area contributed by atoms with Crippen LogP contribution in [0, 0.1) is 5.82 Å². The van der Waals surface area contributed by atoms with Gasteiger partial charge in [-0.1, -0.05) is 38.3 Å². The van der Waals surface area contributed by atoms with E-state index in [9.17, 15) is 14.7 Å². The molecule has 9 heteroatoms. The molecule has 0 amide bonds. The number of hydrogen-bond acceptors (Lipinski definition) is 5. The Kier molecular flexibility index (Phi) is 7.31. The molecule has 8 nitrogen and oxygen atoms in total. The SMILES string of the molecule is CCCCCCn1c(CN2CCN(c3cc4c(cc3F)c(=O)c(C(=O)O)cn4C3CC3)CC2)nc2ccccc21. The molecule has 0 atom stereocenters. The number of carboxylic acids is 1. The fraction of sp³-hybridized carbons (Fsp3) is 0.452. The molecular formula is C31H36FN5O3. The summed E-state index contributed by atoms with van der Waals surface area (Å²) in [4.78, 5) is 33.8. The molecule has 6 rings (SSSR count). The Balaban J connectivity index is 1.21. The first-order chi connectivity index (χ1) is 19.4. The Morgan fingerprint density at radius 2 is 1.82 bits per heavy atom. The number of aryl methyl sites for hydroxylation is 1. The van der Waals surface area contributed by atoms with Gasteiger partial charge in [0.25, 0.3) is 0 Å². The van der Waals surface area contributed by atoms with Crippen LogP contribution in [0.2, 0.25) is 0 Å². The van der Waals surface area contributed by atoms with Gasteiger partial charge in [0, 0.05) is 50.3 Å². The minimum atomic E-state index is -1.28. The van der Waals surface area contributed by atoms with Gasteiger partial charge >= 0.3 is 5.97 Å². The Bertz CT molecular complexity index is 1620. The average Bonchev–Trinajstić information content (AvgIpc) is 3.74. The molecule has 1 saturated carbocycles. The summed E-state index contributed by atoms with van der Waals surface area (Å²) >= 11 is 0. The number of carbonyl (C=O) groups is 1. The van der Waals surface area contributed by atoms with Crippen LogP contribution in [0.25, 0.3) is 21.9 Å². The predicted molar refractivity (Wildman–Crippen MR) is 155 cm³/mol. The molecule has 1 aliphatic heterocycles. The number of carboxylic acid groups (broad SMARTS) is 1. The van der Waals surface area contributed by atoms with Crippen molar-refractivity contribution in [1.29, 1.82) is 0 Å². The summed E-state index contributed by atoms with van der Waals surface area (Å²) in [6.07, 6.45) is 8.07. The standard InChI is InChI=1S/C31H36FN5O3/c1-2-3-4-7-12-36-26-9-6-5-8-25(26)33-29(36)20-34-13-15-35(16-14-34)28-18-27-22(17-24(28)32)30(38)23(31(39)40)19-37(27)21-10-11-21/h5-6,8-9,17-19,21H,2-4,7,10-16,20H2,1H3,(H,39,40). The van der Waals surface area contributed by atoms with E-state index in [0.29, 0.717) is 24.3 Å². The average molecular weight is 546 g/mol.